The fourth-order valence-electron chi connectivity index (χ4n) is 4.72. The average Bonchev–Trinajstić information content (AvgIpc) is 3.13. The molecule has 2 saturated heterocycles. The summed E-state index contributed by atoms with van der Waals surface area (Å²) >= 11 is 0. The van der Waals surface area contributed by atoms with E-state index in [0.717, 1.165) is 31.4 Å². The number of aromatic amines is 1. The summed E-state index contributed by atoms with van der Waals surface area (Å²) in [4.78, 5) is 0.341. The average molecular weight is 404 g/mol. The van der Waals surface area contributed by atoms with Gasteiger partial charge in [-0.1, -0.05) is 26.0 Å². The number of aromatic nitrogens is 2. The molecule has 2 aromatic rings. The van der Waals surface area contributed by atoms with Crippen LogP contribution in [0.2, 0.25) is 0 Å². The van der Waals surface area contributed by atoms with Gasteiger partial charge in [-0.25, -0.2) is 8.42 Å². The Kier molecular flexibility index (Phi) is 5.00. The van der Waals surface area contributed by atoms with Crippen LogP contribution < -0.4 is 4.74 Å². The number of fused-ring (bicyclic) bond motifs is 2. The summed E-state index contributed by atoms with van der Waals surface area (Å²) in [5.41, 5.74) is 2.44. The van der Waals surface area contributed by atoms with Crippen molar-refractivity contribution in [2.24, 2.45) is 0 Å². The molecular weight excluding hydrogens is 374 g/mol. The first-order valence-electron chi connectivity index (χ1n) is 10.1. The molecule has 0 saturated carbocycles. The molecule has 0 amide bonds. The molecule has 1 aromatic heterocycles. The number of hydrogen-bond donors (Lipinski definition) is 1. The predicted octanol–water partition coefficient (Wildman–Crippen LogP) is 3.91. The fourth-order valence-corrected chi connectivity index (χ4v) is 6.95. The number of H-pyrrole nitrogens is 1. The molecule has 2 aliphatic heterocycles. The number of hydrogen-bond acceptors (Lipinski definition) is 4. The Bertz CT molecular complexity index is 916. The normalized spacial score (nSPS) is 25.4. The lowest BCUT2D eigenvalue weighted by atomic mass is 10.0. The van der Waals surface area contributed by atoms with Crippen LogP contribution in [0, 0.1) is 13.8 Å². The standard InChI is InChI=1S/C21H29N3O3S/c1-13(2)16-5-9-19(10-6-16)27-20-11-17-7-8-18(12-20)24(17)28(25,26)21-14(3)22-23-15(21)4/h5-6,9-10,13,17-18,20H,7-8,11-12H2,1-4H3,(H,22,23)/t17-,18+,20-. The molecule has 0 aliphatic carbocycles. The highest BCUT2D eigenvalue weighted by Crippen LogP contribution is 2.41. The van der Waals surface area contributed by atoms with Crippen molar-refractivity contribution in [2.45, 2.75) is 82.4 Å². The minimum absolute atomic E-state index is 0.00242. The summed E-state index contributed by atoms with van der Waals surface area (Å²) in [7, 11) is -3.54. The van der Waals surface area contributed by atoms with E-state index < -0.39 is 10.0 Å². The molecule has 1 N–H and O–H groups in total. The van der Waals surface area contributed by atoms with E-state index >= 15 is 0 Å². The Morgan fingerprint density at radius 2 is 1.71 bits per heavy atom. The molecule has 7 heteroatoms. The van der Waals surface area contributed by atoms with Crippen molar-refractivity contribution < 1.29 is 13.2 Å². The number of nitrogens with one attached hydrogen (secondary N) is 1. The Morgan fingerprint density at radius 3 is 2.21 bits per heavy atom. The van der Waals surface area contributed by atoms with E-state index in [9.17, 15) is 8.42 Å². The molecule has 3 atom stereocenters. The van der Waals surface area contributed by atoms with Crippen molar-refractivity contribution in [3.63, 3.8) is 0 Å². The Morgan fingerprint density at radius 1 is 1.11 bits per heavy atom. The van der Waals surface area contributed by atoms with Crippen molar-refractivity contribution in [1.82, 2.24) is 14.5 Å². The van der Waals surface area contributed by atoms with Crippen LogP contribution in [0.25, 0.3) is 0 Å². The summed E-state index contributed by atoms with van der Waals surface area (Å²) in [5, 5.41) is 6.89. The predicted molar refractivity (Wildman–Crippen MR) is 108 cm³/mol. The molecule has 0 spiro atoms. The first-order chi connectivity index (χ1) is 13.3. The molecule has 3 heterocycles. The van der Waals surface area contributed by atoms with Crippen molar-refractivity contribution in [1.29, 1.82) is 0 Å². The van der Waals surface area contributed by atoms with Crippen LogP contribution in [0.15, 0.2) is 29.2 Å². The molecule has 28 heavy (non-hydrogen) atoms. The summed E-state index contributed by atoms with van der Waals surface area (Å²) in [6, 6.07) is 8.27. The van der Waals surface area contributed by atoms with Gasteiger partial charge in [0.2, 0.25) is 10.0 Å². The van der Waals surface area contributed by atoms with Gasteiger partial charge >= 0.3 is 0 Å². The molecule has 2 bridgehead atoms. The van der Waals surface area contributed by atoms with Gasteiger partial charge < -0.3 is 4.74 Å². The highest BCUT2D eigenvalue weighted by Gasteiger charge is 2.48. The van der Waals surface area contributed by atoms with E-state index in [1.165, 1.54) is 5.56 Å². The van der Waals surface area contributed by atoms with Gasteiger partial charge in [0, 0.05) is 24.9 Å². The third-order valence-corrected chi connectivity index (χ3v) is 8.34. The number of nitrogens with zero attached hydrogens (tertiary/aromatic N) is 2. The lowest BCUT2D eigenvalue weighted by Crippen LogP contribution is -2.49. The van der Waals surface area contributed by atoms with Gasteiger partial charge in [-0.05, 0) is 50.3 Å². The molecule has 0 unspecified atom stereocenters. The van der Waals surface area contributed by atoms with E-state index in [-0.39, 0.29) is 18.2 Å². The van der Waals surface area contributed by atoms with Gasteiger partial charge in [-0.15, -0.1) is 0 Å². The number of rotatable bonds is 5. The van der Waals surface area contributed by atoms with Crippen LogP contribution in [0.3, 0.4) is 0 Å². The van der Waals surface area contributed by atoms with Crippen LogP contribution in [-0.4, -0.2) is 41.1 Å². The second-order valence-electron chi connectivity index (χ2n) is 8.42. The van der Waals surface area contributed by atoms with Crippen molar-refractivity contribution in [2.75, 3.05) is 0 Å². The zero-order valence-electron chi connectivity index (χ0n) is 17.0. The van der Waals surface area contributed by atoms with Crippen LogP contribution >= 0.6 is 0 Å². The second kappa shape index (κ2) is 7.19. The van der Waals surface area contributed by atoms with Gasteiger partial charge in [0.25, 0.3) is 0 Å². The van der Waals surface area contributed by atoms with Gasteiger partial charge in [-0.3, -0.25) is 5.10 Å². The number of benzene rings is 1. The third-order valence-electron chi connectivity index (χ3n) is 6.07. The van der Waals surface area contributed by atoms with Gasteiger partial charge in [0.05, 0.1) is 11.4 Å². The van der Waals surface area contributed by atoms with Crippen LogP contribution in [-0.2, 0) is 10.0 Å². The minimum atomic E-state index is -3.54. The van der Waals surface area contributed by atoms with E-state index in [0.29, 0.717) is 22.2 Å². The van der Waals surface area contributed by atoms with E-state index in [2.05, 4.69) is 36.2 Å². The lowest BCUT2D eigenvalue weighted by molar-refractivity contribution is 0.0956. The lowest BCUT2D eigenvalue weighted by Gasteiger charge is -2.37. The van der Waals surface area contributed by atoms with E-state index in [1.807, 2.05) is 12.1 Å². The maximum Gasteiger partial charge on any atom is 0.247 e. The molecule has 0 radical (unpaired) electrons. The van der Waals surface area contributed by atoms with Crippen LogP contribution in [0.1, 0.15) is 62.4 Å². The number of ether oxygens (including phenoxy) is 1. The Hall–Kier alpha value is -1.86. The summed E-state index contributed by atoms with van der Waals surface area (Å²) in [6.07, 6.45) is 3.31. The van der Waals surface area contributed by atoms with E-state index in [4.69, 9.17) is 4.74 Å². The number of aryl methyl sites for hydroxylation is 2. The van der Waals surface area contributed by atoms with Gasteiger partial charge in [-0.2, -0.15) is 9.40 Å². The molecule has 1 aromatic carbocycles. The monoisotopic (exact) mass is 403 g/mol. The number of piperidine rings is 1. The highest BCUT2D eigenvalue weighted by atomic mass is 32.2. The summed E-state index contributed by atoms with van der Waals surface area (Å²) in [6.45, 7) is 7.86. The minimum Gasteiger partial charge on any atom is -0.490 e. The third kappa shape index (κ3) is 3.35. The first kappa shape index (κ1) is 19.5. The first-order valence-corrected chi connectivity index (χ1v) is 11.5. The summed E-state index contributed by atoms with van der Waals surface area (Å²) in [5.74, 6) is 1.36. The van der Waals surface area contributed by atoms with Crippen LogP contribution in [0.5, 0.6) is 5.75 Å². The summed E-state index contributed by atoms with van der Waals surface area (Å²) < 4.78 is 34.7. The van der Waals surface area contributed by atoms with Gasteiger partial charge in [0.15, 0.2) is 0 Å². The quantitative estimate of drug-likeness (QED) is 0.821. The topological polar surface area (TPSA) is 75.3 Å². The van der Waals surface area contributed by atoms with E-state index in [1.54, 1.807) is 18.2 Å². The molecule has 2 aliphatic rings. The SMILES string of the molecule is Cc1n[nH]c(C)c1S(=O)(=O)N1[C@@H]2CC[C@H]1C[C@H](Oc1ccc(C(C)C)cc1)C2. The molecule has 6 nitrogen and oxygen atoms in total. The molecular formula is C21H29N3O3S. The highest BCUT2D eigenvalue weighted by molar-refractivity contribution is 7.89. The maximum atomic E-state index is 13.3. The Balaban J connectivity index is 1.50. The largest absolute Gasteiger partial charge is 0.490 e. The zero-order valence-corrected chi connectivity index (χ0v) is 17.8. The number of sulfonamides is 1. The fraction of sp³-hybridized carbons (Fsp3) is 0.571. The van der Waals surface area contributed by atoms with Crippen molar-refractivity contribution >= 4 is 10.0 Å². The second-order valence-corrected chi connectivity index (χ2v) is 10.2. The zero-order chi connectivity index (χ0) is 20.1. The van der Waals surface area contributed by atoms with Crippen molar-refractivity contribution in [3.05, 3.63) is 41.2 Å². The molecule has 2 fully saturated rings. The van der Waals surface area contributed by atoms with Gasteiger partial charge in [0.1, 0.15) is 16.7 Å². The molecule has 4 rings (SSSR count). The smallest absolute Gasteiger partial charge is 0.247 e. The van der Waals surface area contributed by atoms with Crippen LogP contribution in [0.4, 0.5) is 0 Å². The Labute approximate surface area is 167 Å². The maximum absolute atomic E-state index is 13.3. The molecule has 152 valence electrons. The van der Waals surface area contributed by atoms with Crippen molar-refractivity contribution in [3.8, 4) is 5.75 Å².